The Kier molecular flexibility index (Phi) is 3.50. The number of rotatable bonds is 2. The number of fused-ring (bicyclic) bond motifs is 3. The number of nitrogens with zero attached hydrogens (tertiary/aromatic N) is 2. The Morgan fingerprint density at radius 3 is 2.72 bits per heavy atom. The Morgan fingerprint density at radius 1 is 1.16 bits per heavy atom. The second kappa shape index (κ2) is 5.48. The van der Waals surface area contributed by atoms with Gasteiger partial charge in [-0.15, -0.1) is 0 Å². The normalized spacial score (nSPS) is 20.7. The Hall–Kier alpha value is -2.55. The van der Waals surface area contributed by atoms with Gasteiger partial charge in [0.1, 0.15) is 11.2 Å². The van der Waals surface area contributed by atoms with Crippen molar-refractivity contribution in [3.63, 3.8) is 0 Å². The molecule has 0 amide bonds. The summed E-state index contributed by atoms with van der Waals surface area (Å²) in [5.74, 6) is 0.489. The molecular weight excluding hydrogens is 308 g/mol. The monoisotopic (exact) mass is 332 g/mol. The Bertz CT molecular complexity index is 1030. The fourth-order valence-corrected chi connectivity index (χ4v) is 3.85. The van der Waals surface area contributed by atoms with E-state index in [0.29, 0.717) is 5.92 Å². The van der Waals surface area contributed by atoms with Crippen LogP contribution in [0.3, 0.4) is 0 Å². The molecule has 0 N–H and O–H groups in total. The zero-order valence-corrected chi connectivity index (χ0v) is 15.5. The van der Waals surface area contributed by atoms with E-state index in [0.717, 1.165) is 21.9 Å². The molecule has 1 atom stereocenters. The van der Waals surface area contributed by atoms with Crippen molar-refractivity contribution in [1.82, 2.24) is 9.88 Å². The topological polar surface area (TPSA) is 29.3 Å². The lowest BCUT2D eigenvalue weighted by Crippen LogP contribution is -2.39. The summed E-state index contributed by atoms with van der Waals surface area (Å²) in [4.78, 5) is 6.54. The SMILES string of the molecule is Cc1ccc2c(oc3ccncc32)c1C1(C)C=C(C(C)C)C=CN1C. The van der Waals surface area contributed by atoms with Crippen LogP contribution in [0, 0.1) is 12.8 Å². The van der Waals surface area contributed by atoms with Crippen LogP contribution in [0.4, 0.5) is 0 Å². The molecule has 0 aliphatic carbocycles. The Balaban J connectivity index is 2.06. The first-order valence-corrected chi connectivity index (χ1v) is 8.82. The van der Waals surface area contributed by atoms with E-state index in [2.05, 4.69) is 75.1 Å². The van der Waals surface area contributed by atoms with Gasteiger partial charge in [-0.2, -0.15) is 0 Å². The average molecular weight is 332 g/mol. The van der Waals surface area contributed by atoms with Crippen molar-refractivity contribution in [3.8, 4) is 0 Å². The third-order valence-corrected chi connectivity index (χ3v) is 5.49. The highest BCUT2D eigenvalue weighted by molar-refractivity contribution is 6.06. The molecule has 0 saturated heterocycles. The van der Waals surface area contributed by atoms with Crippen LogP contribution < -0.4 is 0 Å². The molecule has 1 unspecified atom stereocenters. The maximum Gasteiger partial charge on any atom is 0.141 e. The fourth-order valence-electron chi connectivity index (χ4n) is 3.85. The highest BCUT2D eigenvalue weighted by atomic mass is 16.3. The van der Waals surface area contributed by atoms with Gasteiger partial charge in [0.05, 0.1) is 5.54 Å². The van der Waals surface area contributed by atoms with Crippen molar-refractivity contribution < 1.29 is 4.42 Å². The van der Waals surface area contributed by atoms with E-state index in [-0.39, 0.29) is 5.54 Å². The van der Waals surface area contributed by atoms with Crippen LogP contribution in [0.25, 0.3) is 21.9 Å². The van der Waals surface area contributed by atoms with Gasteiger partial charge in [0.2, 0.25) is 0 Å². The Morgan fingerprint density at radius 2 is 1.96 bits per heavy atom. The fraction of sp³-hybridized carbons (Fsp3) is 0.318. The van der Waals surface area contributed by atoms with Crippen molar-refractivity contribution in [1.29, 1.82) is 0 Å². The number of aryl methyl sites for hydroxylation is 1. The van der Waals surface area contributed by atoms with E-state index in [1.807, 2.05) is 12.3 Å². The van der Waals surface area contributed by atoms with Gasteiger partial charge in [-0.05, 0) is 43.0 Å². The Labute approximate surface area is 148 Å². The average Bonchev–Trinajstić information content (AvgIpc) is 2.95. The summed E-state index contributed by atoms with van der Waals surface area (Å²) in [6.07, 6.45) is 10.4. The molecule has 1 aliphatic heterocycles. The van der Waals surface area contributed by atoms with E-state index in [1.165, 1.54) is 16.7 Å². The molecule has 3 heterocycles. The van der Waals surface area contributed by atoms with Crippen molar-refractivity contribution in [2.24, 2.45) is 5.92 Å². The van der Waals surface area contributed by atoms with Gasteiger partial charge in [0, 0.05) is 42.0 Å². The first-order chi connectivity index (χ1) is 11.9. The molecule has 0 fully saturated rings. The van der Waals surface area contributed by atoms with E-state index in [1.54, 1.807) is 6.20 Å². The molecule has 1 aliphatic rings. The summed E-state index contributed by atoms with van der Waals surface area (Å²) in [7, 11) is 2.13. The van der Waals surface area contributed by atoms with Crippen LogP contribution in [0.2, 0.25) is 0 Å². The summed E-state index contributed by atoms with van der Waals surface area (Å²) in [6, 6.07) is 6.29. The summed E-state index contributed by atoms with van der Waals surface area (Å²) >= 11 is 0. The van der Waals surface area contributed by atoms with Crippen molar-refractivity contribution in [2.75, 3.05) is 7.05 Å². The highest BCUT2D eigenvalue weighted by Gasteiger charge is 2.35. The second-order valence-corrected chi connectivity index (χ2v) is 7.48. The molecule has 128 valence electrons. The summed E-state index contributed by atoms with van der Waals surface area (Å²) in [6.45, 7) is 8.91. The first-order valence-electron chi connectivity index (χ1n) is 8.82. The third kappa shape index (κ3) is 2.30. The molecule has 4 rings (SSSR count). The number of benzene rings is 1. The number of hydrogen-bond donors (Lipinski definition) is 0. The van der Waals surface area contributed by atoms with Gasteiger partial charge in [-0.25, -0.2) is 0 Å². The third-order valence-electron chi connectivity index (χ3n) is 5.49. The summed E-state index contributed by atoms with van der Waals surface area (Å²) < 4.78 is 6.31. The molecule has 3 nitrogen and oxygen atoms in total. The summed E-state index contributed by atoms with van der Waals surface area (Å²) in [5.41, 5.74) is 5.43. The van der Waals surface area contributed by atoms with Crippen LogP contribution in [0.15, 0.2) is 58.9 Å². The predicted octanol–water partition coefficient (Wildman–Crippen LogP) is 5.55. The van der Waals surface area contributed by atoms with Crippen LogP contribution in [0.5, 0.6) is 0 Å². The maximum absolute atomic E-state index is 6.31. The maximum atomic E-state index is 6.31. The molecule has 2 aromatic heterocycles. The molecule has 3 heteroatoms. The van der Waals surface area contributed by atoms with Gasteiger partial charge in [0.25, 0.3) is 0 Å². The molecule has 0 saturated carbocycles. The molecule has 3 aromatic rings. The lowest BCUT2D eigenvalue weighted by Gasteiger charge is -2.40. The molecular formula is C22H24N2O. The molecule has 0 radical (unpaired) electrons. The minimum Gasteiger partial charge on any atom is -0.456 e. The number of likely N-dealkylation sites (N-methyl/N-ethyl adjacent to an activating group) is 1. The zero-order valence-electron chi connectivity index (χ0n) is 15.5. The van der Waals surface area contributed by atoms with E-state index in [4.69, 9.17) is 4.42 Å². The van der Waals surface area contributed by atoms with Gasteiger partial charge in [-0.1, -0.05) is 32.1 Å². The number of aromatic nitrogens is 1. The smallest absolute Gasteiger partial charge is 0.141 e. The van der Waals surface area contributed by atoms with E-state index >= 15 is 0 Å². The second-order valence-electron chi connectivity index (χ2n) is 7.48. The van der Waals surface area contributed by atoms with E-state index < -0.39 is 0 Å². The molecule has 25 heavy (non-hydrogen) atoms. The number of pyridine rings is 1. The molecule has 0 spiro atoms. The van der Waals surface area contributed by atoms with Crippen LogP contribution >= 0.6 is 0 Å². The molecule has 0 bridgehead atoms. The lowest BCUT2D eigenvalue weighted by atomic mass is 9.81. The van der Waals surface area contributed by atoms with Crippen molar-refractivity contribution >= 4 is 21.9 Å². The minimum atomic E-state index is -0.251. The number of hydrogen-bond acceptors (Lipinski definition) is 3. The minimum absolute atomic E-state index is 0.251. The van der Waals surface area contributed by atoms with Crippen molar-refractivity contribution in [3.05, 3.63) is 65.6 Å². The van der Waals surface area contributed by atoms with Crippen LogP contribution in [0.1, 0.15) is 31.9 Å². The van der Waals surface area contributed by atoms with Crippen LogP contribution in [-0.4, -0.2) is 16.9 Å². The predicted molar refractivity (Wildman–Crippen MR) is 103 cm³/mol. The first kappa shape index (κ1) is 15.9. The van der Waals surface area contributed by atoms with Crippen molar-refractivity contribution in [2.45, 2.75) is 33.2 Å². The lowest BCUT2D eigenvalue weighted by molar-refractivity contribution is 0.257. The standard InChI is InChI=1S/C22H24N2O/c1-14(2)16-9-11-24(5)22(4,12-16)20-15(3)6-7-17-18-13-23-10-8-19(18)25-21(17)20/h6-14H,1-5H3. The van der Waals surface area contributed by atoms with Crippen LogP contribution in [-0.2, 0) is 5.54 Å². The zero-order chi connectivity index (χ0) is 17.8. The van der Waals surface area contributed by atoms with Gasteiger partial charge in [0.15, 0.2) is 0 Å². The molecule has 1 aromatic carbocycles. The van der Waals surface area contributed by atoms with Gasteiger partial charge in [-0.3, -0.25) is 4.98 Å². The van der Waals surface area contributed by atoms with Gasteiger partial charge < -0.3 is 9.32 Å². The largest absolute Gasteiger partial charge is 0.456 e. The van der Waals surface area contributed by atoms with Gasteiger partial charge >= 0.3 is 0 Å². The highest BCUT2D eigenvalue weighted by Crippen LogP contribution is 2.42. The number of allylic oxidation sites excluding steroid dienone is 2. The van der Waals surface area contributed by atoms with E-state index in [9.17, 15) is 0 Å². The quantitative estimate of drug-likeness (QED) is 0.616. The summed E-state index contributed by atoms with van der Waals surface area (Å²) in [5, 5.41) is 2.21. The number of furan rings is 1.